The lowest BCUT2D eigenvalue weighted by Gasteiger charge is -2.33. The molecule has 1 rings (SSSR count). The lowest BCUT2D eigenvalue weighted by atomic mass is 9.86. The van der Waals surface area contributed by atoms with Crippen molar-refractivity contribution >= 4 is 5.97 Å². The molecule has 94 valence electrons. The van der Waals surface area contributed by atoms with E-state index in [0.29, 0.717) is 19.0 Å². The molecule has 0 aromatic rings. The number of hydrogen-bond donors (Lipinski definition) is 1. The Bertz CT molecular complexity index is 257. The minimum atomic E-state index is -0.714. The monoisotopic (exact) mass is 229 g/mol. The van der Waals surface area contributed by atoms with E-state index in [1.807, 2.05) is 20.9 Å². The average Bonchev–Trinajstić information content (AvgIpc) is 2.64. The van der Waals surface area contributed by atoms with Gasteiger partial charge in [0.15, 0.2) is 0 Å². The maximum atomic E-state index is 11.2. The molecule has 1 aliphatic heterocycles. The number of carboxylic acids is 1. The van der Waals surface area contributed by atoms with Crippen LogP contribution in [0.4, 0.5) is 0 Å². The van der Waals surface area contributed by atoms with Gasteiger partial charge in [-0.1, -0.05) is 6.92 Å². The van der Waals surface area contributed by atoms with Crippen LogP contribution in [0.3, 0.4) is 0 Å². The van der Waals surface area contributed by atoms with Crippen LogP contribution < -0.4 is 0 Å². The van der Waals surface area contributed by atoms with Gasteiger partial charge in [-0.25, -0.2) is 0 Å². The fourth-order valence-electron chi connectivity index (χ4n) is 2.30. The van der Waals surface area contributed by atoms with Crippen LogP contribution in [0.2, 0.25) is 0 Å². The van der Waals surface area contributed by atoms with Crippen LogP contribution in [0.15, 0.2) is 0 Å². The molecule has 0 radical (unpaired) electrons. The maximum Gasteiger partial charge on any atom is 0.310 e. The van der Waals surface area contributed by atoms with Gasteiger partial charge in [0, 0.05) is 19.2 Å². The van der Waals surface area contributed by atoms with Crippen molar-refractivity contribution < 1.29 is 14.6 Å². The predicted octanol–water partition coefficient (Wildman–Crippen LogP) is 1.60. The Morgan fingerprint density at radius 2 is 2.25 bits per heavy atom. The number of ether oxygens (including phenoxy) is 1. The summed E-state index contributed by atoms with van der Waals surface area (Å²) in [5, 5.41) is 9.23. The first-order valence-corrected chi connectivity index (χ1v) is 5.96. The lowest BCUT2D eigenvalue weighted by molar-refractivity contribution is -0.149. The molecule has 1 N–H and O–H groups in total. The quantitative estimate of drug-likeness (QED) is 0.778. The van der Waals surface area contributed by atoms with E-state index >= 15 is 0 Å². The summed E-state index contributed by atoms with van der Waals surface area (Å²) in [6, 6.07) is 0.352. The molecule has 3 atom stereocenters. The second-order valence-electron chi connectivity index (χ2n) is 5.07. The first-order chi connectivity index (χ1) is 7.40. The molecule has 1 aliphatic rings. The van der Waals surface area contributed by atoms with Gasteiger partial charge in [-0.05, 0) is 33.7 Å². The standard InChI is InChI=1S/C12H23NO3/c1-5-12(3,11(14)15)8-13(4)10-6-7-16-9(10)2/h9-10H,5-8H2,1-4H3,(H,14,15). The summed E-state index contributed by atoms with van der Waals surface area (Å²) < 4.78 is 5.51. The van der Waals surface area contributed by atoms with Gasteiger partial charge in [0.1, 0.15) is 0 Å². The van der Waals surface area contributed by atoms with Crippen molar-refractivity contribution in [2.75, 3.05) is 20.2 Å². The molecule has 4 nitrogen and oxygen atoms in total. The molecule has 3 unspecified atom stereocenters. The van der Waals surface area contributed by atoms with Crippen LogP contribution in [0.25, 0.3) is 0 Å². The molecule has 0 amide bonds. The van der Waals surface area contributed by atoms with Crippen molar-refractivity contribution in [3.05, 3.63) is 0 Å². The number of aliphatic carboxylic acids is 1. The maximum absolute atomic E-state index is 11.2. The zero-order valence-corrected chi connectivity index (χ0v) is 10.7. The molecule has 4 heteroatoms. The molecule has 0 spiro atoms. The summed E-state index contributed by atoms with van der Waals surface area (Å²) in [6.45, 7) is 7.16. The summed E-state index contributed by atoms with van der Waals surface area (Å²) in [5.41, 5.74) is -0.656. The van der Waals surface area contributed by atoms with E-state index < -0.39 is 11.4 Å². The molecule has 0 aromatic carbocycles. The highest BCUT2D eigenvalue weighted by molar-refractivity contribution is 5.74. The first kappa shape index (κ1) is 13.5. The zero-order valence-electron chi connectivity index (χ0n) is 10.7. The molecule has 1 fully saturated rings. The van der Waals surface area contributed by atoms with Gasteiger partial charge < -0.3 is 9.84 Å². The fourth-order valence-corrected chi connectivity index (χ4v) is 2.30. The Labute approximate surface area is 97.6 Å². The Hall–Kier alpha value is -0.610. The minimum absolute atomic E-state index is 0.208. The second kappa shape index (κ2) is 5.15. The molecule has 1 saturated heterocycles. The predicted molar refractivity (Wildman–Crippen MR) is 62.5 cm³/mol. The van der Waals surface area contributed by atoms with Crippen LogP contribution in [-0.2, 0) is 9.53 Å². The van der Waals surface area contributed by atoms with Crippen LogP contribution in [0.1, 0.15) is 33.6 Å². The number of carboxylic acid groups (broad SMARTS) is 1. The summed E-state index contributed by atoms with van der Waals surface area (Å²) in [5.74, 6) is -0.714. The zero-order chi connectivity index (χ0) is 12.3. The Kier molecular flexibility index (Phi) is 4.33. The van der Waals surface area contributed by atoms with E-state index in [1.54, 1.807) is 0 Å². The van der Waals surface area contributed by atoms with Crippen LogP contribution in [0.5, 0.6) is 0 Å². The highest BCUT2D eigenvalue weighted by Crippen LogP contribution is 2.26. The molecular formula is C12H23NO3. The number of carbonyl (C=O) groups is 1. The second-order valence-corrected chi connectivity index (χ2v) is 5.07. The third-order valence-corrected chi connectivity index (χ3v) is 3.80. The van der Waals surface area contributed by atoms with E-state index in [-0.39, 0.29) is 6.10 Å². The SMILES string of the molecule is CCC(C)(CN(C)C1CCOC1C)C(=O)O. The first-order valence-electron chi connectivity index (χ1n) is 5.96. The average molecular weight is 229 g/mol. The van der Waals surface area contributed by atoms with Gasteiger partial charge in [0.25, 0.3) is 0 Å². The summed E-state index contributed by atoms with van der Waals surface area (Å²) >= 11 is 0. The van der Waals surface area contributed by atoms with Crippen molar-refractivity contribution in [3.8, 4) is 0 Å². The lowest BCUT2D eigenvalue weighted by Crippen LogP contribution is -2.45. The van der Waals surface area contributed by atoms with Crippen LogP contribution in [-0.4, -0.2) is 48.3 Å². The van der Waals surface area contributed by atoms with E-state index in [9.17, 15) is 9.90 Å². The van der Waals surface area contributed by atoms with Crippen molar-refractivity contribution in [2.45, 2.75) is 45.8 Å². The van der Waals surface area contributed by atoms with Crippen LogP contribution >= 0.6 is 0 Å². The Morgan fingerprint density at radius 1 is 1.62 bits per heavy atom. The highest BCUT2D eigenvalue weighted by Gasteiger charge is 2.36. The van der Waals surface area contributed by atoms with Crippen molar-refractivity contribution in [2.24, 2.45) is 5.41 Å². The molecular weight excluding hydrogens is 206 g/mol. The number of nitrogens with zero attached hydrogens (tertiary/aromatic N) is 1. The number of rotatable bonds is 5. The van der Waals surface area contributed by atoms with Gasteiger partial charge in [-0.2, -0.15) is 0 Å². The molecule has 0 bridgehead atoms. The van der Waals surface area contributed by atoms with Crippen LogP contribution in [0, 0.1) is 5.41 Å². The van der Waals surface area contributed by atoms with Gasteiger partial charge in [0.05, 0.1) is 11.5 Å². The van der Waals surface area contributed by atoms with Crippen molar-refractivity contribution in [3.63, 3.8) is 0 Å². The normalized spacial score (nSPS) is 29.3. The van der Waals surface area contributed by atoms with E-state index in [2.05, 4.69) is 11.8 Å². The minimum Gasteiger partial charge on any atom is -0.481 e. The van der Waals surface area contributed by atoms with Gasteiger partial charge >= 0.3 is 5.97 Å². The largest absolute Gasteiger partial charge is 0.481 e. The molecule has 0 aromatic heterocycles. The summed E-state index contributed by atoms with van der Waals surface area (Å²) in [7, 11) is 1.99. The topological polar surface area (TPSA) is 49.8 Å². The molecule has 1 heterocycles. The van der Waals surface area contributed by atoms with Gasteiger partial charge in [-0.15, -0.1) is 0 Å². The fraction of sp³-hybridized carbons (Fsp3) is 0.917. The highest BCUT2D eigenvalue weighted by atomic mass is 16.5. The number of hydrogen-bond acceptors (Lipinski definition) is 3. The van der Waals surface area contributed by atoms with E-state index in [1.165, 1.54) is 0 Å². The molecule has 0 aliphatic carbocycles. The molecule has 0 saturated carbocycles. The Balaban J connectivity index is 2.61. The van der Waals surface area contributed by atoms with Crippen molar-refractivity contribution in [1.82, 2.24) is 4.90 Å². The molecule has 16 heavy (non-hydrogen) atoms. The Morgan fingerprint density at radius 3 is 2.62 bits per heavy atom. The third kappa shape index (κ3) is 2.74. The van der Waals surface area contributed by atoms with Gasteiger partial charge in [0.2, 0.25) is 0 Å². The van der Waals surface area contributed by atoms with E-state index in [4.69, 9.17) is 4.74 Å². The van der Waals surface area contributed by atoms with E-state index in [0.717, 1.165) is 13.0 Å². The number of likely N-dealkylation sites (N-methyl/N-ethyl adjacent to an activating group) is 1. The smallest absolute Gasteiger partial charge is 0.310 e. The van der Waals surface area contributed by atoms with Crippen molar-refractivity contribution in [1.29, 1.82) is 0 Å². The summed E-state index contributed by atoms with van der Waals surface area (Å²) in [6.07, 6.45) is 1.85. The van der Waals surface area contributed by atoms with Gasteiger partial charge in [-0.3, -0.25) is 9.69 Å². The summed E-state index contributed by atoms with van der Waals surface area (Å²) in [4.78, 5) is 13.4. The third-order valence-electron chi connectivity index (χ3n) is 3.80.